The molecular weight excluding hydrogens is 496 g/mol. The number of carbonyl (C=O) groups excluding carboxylic acids is 1. The molecule has 1 aliphatic heterocycles. The Morgan fingerprint density at radius 3 is 2.72 bits per heavy atom. The van der Waals surface area contributed by atoms with Crippen LogP contribution in [0.1, 0.15) is 31.0 Å². The summed E-state index contributed by atoms with van der Waals surface area (Å²) in [5, 5.41) is 10.7. The maximum absolute atomic E-state index is 13.8. The number of nitriles is 1. The Labute approximate surface area is 215 Å². The van der Waals surface area contributed by atoms with Gasteiger partial charge < -0.3 is 9.30 Å². The van der Waals surface area contributed by atoms with Crippen molar-refractivity contribution in [1.82, 2.24) is 9.13 Å². The maximum Gasteiger partial charge on any atom is 0.338 e. The topological polar surface area (TPSA) is 89.4 Å². The molecule has 1 atom stereocenters. The van der Waals surface area contributed by atoms with E-state index in [-0.39, 0.29) is 18.7 Å². The number of hydrogen-bond donors (Lipinski definition) is 0. The highest BCUT2D eigenvalue weighted by Gasteiger charge is 2.33. The van der Waals surface area contributed by atoms with Crippen molar-refractivity contribution < 1.29 is 9.53 Å². The van der Waals surface area contributed by atoms with Gasteiger partial charge in [0.1, 0.15) is 6.54 Å². The third kappa shape index (κ3) is 4.06. The molecule has 180 valence electrons. The number of rotatable bonds is 5. The average molecular weight is 517 g/mol. The predicted octanol–water partition coefficient (Wildman–Crippen LogP) is 3.93. The molecule has 5 rings (SSSR count). The molecule has 3 heterocycles. The fourth-order valence-corrected chi connectivity index (χ4v) is 5.65. The van der Waals surface area contributed by atoms with E-state index in [1.807, 2.05) is 41.1 Å². The Morgan fingerprint density at radius 2 is 2.00 bits per heavy atom. The van der Waals surface area contributed by atoms with Gasteiger partial charge in [-0.05, 0) is 43.7 Å². The summed E-state index contributed by atoms with van der Waals surface area (Å²) in [5.41, 5.74) is 3.05. The van der Waals surface area contributed by atoms with Crippen LogP contribution in [0.3, 0.4) is 0 Å². The molecule has 4 aromatic rings. The summed E-state index contributed by atoms with van der Waals surface area (Å²) in [7, 11) is 0. The van der Waals surface area contributed by atoms with Gasteiger partial charge in [-0.25, -0.2) is 9.79 Å². The molecule has 7 nitrogen and oxygen atoms in total. The van der Waals surface area contributed by atoms with Crippen LogP contribution in [0.4, 0.5) is 0 Å². The van der Waals surface area contributed by atoms with Crippen LogP contribution in [0.2, 0.25) is 5.02 Å². The molecular formula is C27H21ClN4O3S. The first-order valence-electron chi connectivity index (χ1n) is 11.3. The number of hydrogen-bond acceptors (Lipinski definition) is 6. The standard InChI is InChI=1S/C27H21ClN4O3S/c1-3-35-26(34)23-16(2)30-27-32(24(23)17-8-10-19(28)11-9-17)25(33)22(36-27)14-18-15-31(13-12-29)21-7-5-4-6-20(18)21/h4-11,14-15,24H,3,13H2,1-2H3/b22-14-/t24-/m0/s1. The highest BCUT2D eigenvalue weighted by molar-refractivity contribution is 7.07. The van der Waals surface area contributed by atoms with Gasteiger partial charge in [0.2, 0.25) is 0 Å². The lowest BCUT2D eigenvalue weighted by atomic mass is 9.96. The first kappa shape index (κ1) is 23.8. The molecule has 9 heteroatoms. The SMILES string of the molecule is CCOC(=O)C1=C(C)N=c2s/c(=C\c3cn(CC#N)c4ccccc34)c(=O)n2[C@H]1c1ccc(Cl)cc1. The van der Waals surface area contributed by atoms with Gasteiger partial charge in [0.05, 0.1) is 34.5 Å². The maximum atomic E-state index is 13.8. The van der Waals surface area contributed by atoms with Crippen LogP contribution in [0.25, 0.3) is 17.0 Å². The van der Waals surface area contributed by atoms with Gasteiger partial charge in [-0.3, -0.25) is 9.36 Å². The van der Waals surface area contributed by atoms with E-state index in [9.17, 15) is 14.9 Å². The zero-order valence-corrected chi connectivity index (χ0v) is 21.1. The van der Waals surface area contributed by atoms with E-state index in [4.69, 9.17) is 16.3 Å². The summed E-state index contributed by atoms with van der Waals surface area (Å²) >= 11 is 7.37. The zero-order valence-electron chi connectivity index (χ0n) is 19.6. The second kappa shape index (κ2) is 9.61. The van der Waals surface area contributed by atoms with Crippen molar-refractivity contribution in [2.24, 2.45) is 4.99 Å². The van der Waals surface area contributed by atoms with Crippen molar-refractivity contribution in [3.05, 3.63) is 102 Å². The van der Waals surface area contributed by atoms with E-state index in [1.54, 1.807) is 42.7 Å². The molecule has 0 bridgehead atoms. The van der Waals surface area contributed by atoms with Gasteiger partial charge in [0.15, 0.2) is 4.80 Å². The van der Waals surface area contributed by atoms with Crippen LogP contribution in [0.15, 0.2) is 75.8 Å². The number of fused-ring (bicyclic) bond motifs is 2. The van der Waals surface area contributed by atoms with E-state index in [0.717, 1.165) is 22.0 Å². The Kier molecular flexibility index (Phi) is 6.35. The summed E-state index contributed by atoms with van der Waals surface area (Å²) in [6.45, 7) is 3.90. The normalized spacial score (nSPS) is 15.5. The number of esters is 1. The monoisotopic (exact) mass is 516 g/mol. The first-order chi connectivity index (χ1) is 17.4. The average Bonchev–Trinajstić information content (AvgIpc) is 3.36. The molecule has 0 saturated carbocycles. The number of thiazole rings is 1. The van der Waals surface area contributed by atoms with Crippen molar-refractivity contribution in [2.75, 3.05) is 6.61 Å². The largest absolute Gasteiger partial charge is 0.463 e. The van der Waals surface area contributed by atoms with Crippen molar-refractivity contribution in [3.8, 4) is 6.07 Å². The van der Waals surface area contributed by atoms with Crippen LogP contribution in [0, 0.1) is 11.3 Å². The molecule has 0 spiro atoms. The van der Waals surface area contributed by atoms with Crippen LogP contribution in [-0.4, -0.2) is 21.7 Å². The van der Waals surface area contributed by atoms with Gasteiger partial charge >= 0.3 is 5.97 Å². The van der Waals surface area contributed by atoms with Gasteiger partial charge in [0, 0.05) is 27.7 Å². The second-order valence-electron chi connectivity index (χ2n) is 8.24. The lowest BCUT2D eigenvalue weighted by Gasteiger charge is -2.24. The molecule has 0 aliphatic carbocycles. The minimum absolute atomic E-state index is 0.203. The molecule has 0 N–H and O–H groups in total. The van der Waals surface area contributed by atoms with Crippen LogP contribution < -0.4 is 14.9 Å². The zero-order chi connectivity index (χ0) is 25.4. The highest BCUT2D eigenvalue weighted by Crippen LogP contribution is 2.31. The summed E-state index contributed by atoms with van der Waals surface area (Å²) in [5.74, 6) is -0.507. The Hall–Kier alpha value is -3.93. The van der Waals surface area contributed by atoms with Gasteiger partial charge in [-0.2, -0.15) is 5.26 Å². The number of halogens is 1. The van der Waals surface area contributed by atoms with E-state index < -0.39 is 12.0 Å². The van der Waals surface area contributed by atoms with E-state index in [0.29, 0.717) is 25.6 Å². The Morgan fingerprint density at radius 1 is 1.25 bits per heavy atom. The first-order valence-corrected chi connectivity index (χ1v) is 12.5. The summed E-state index contributed by atoms with van der Waals surface area (Å²) in [6.07, 6.45) is 3.69. The quantitative estimate of drug-likeness (QED) is 0.376. The Balaban J connectivity index is 1.74. The van der Waals surface area contributed by atoms with Gasteiger partial charge in [-0.1, -0.05) is 53.3 Å². The van der Waals surface area contributed by atoms with E-state index >= 15 is 0 Å². The fraction of sp³-hybridized carbons (Fsp3) is 0.185. The number of allylic oxidation sites excluding steroid dienone is 1. The minimum Gasteiger partial charge on any atom is -0.463 e. The number of carbonyl (C=O) groups is 1. The molecule has 2 aromatic carbocycles. The molecule has 0 unspecified atom stereocenters. The fourth-order valence-electron chi connectivity index (χ4n) is 4.49. The number of para-hydroxylation sites is 1. The summed E-state index contributed by atoms with van der Waals surface area (Å²) < 4.78 is 9.21. The van der Waals surface area contributed by atoms with Gasteiger partial charge in [-0.15, -0.1) is 0 Å². The van der Waals surface area contributed by atoms with E-state index in [2.05, 4.69) is 11.1 Å². The van der Waals surface area contributed by atoms with Crippen LogP contribution >= 0.6 is 22.9 Å². The number of benzene rings is 2. The molecule has 0 saturated heterocycles. The molecule has 2 aromatic heterocycles. The van der Waals surface area contributed by atoms with Crippen molar-refractivity contribution in [3.63, 3.8) is 0 Å². The second-order valence-corrected chi connectivity index (χ2v) is 9.69. The lowest BCUT2D eigenvalue weighted by Crippen LogP contribution is -2.39. The number of aromatic nitrogens is 2. The van der Waals surface area contributed by atoms with Crippen LogP contribution in [-0.2, 0) is 16.1 Å². The molecule has 0 amide bonds. The van der Waals surface area contributed by atoms with Crippen LogP contribution in [0.5, 0.6) is 0 Å². The van der Waals surface area contributed by atoms with Crippen molar-refractivity contribution in [2.45, 2.75) is 26.4 Å². The third-order valence-corrected chi connectivity index (χ3v) is 7.28. The Bertz CT molecular complexity index is 1750. The summed E-state index contributed by atoms with van der Waals surface area (Å²) in [4.78, 5) is 31.9. The summed E-state index contributed by atoms with van der Waals surface area (Å²) in [6, 6.07) is 16.3. The van der Waals surface area contributed by atoms with Crippen molar-refractivity contribution >= 4 is 45.9 Å². The number of nitrogens with zero attached hydrogens (tertiary/aromatic N) is 4. The molecule has 0 fully saturated rings. The van der Waals surface area contributed by atoms with Crippen molar-refractivity contribution in [1.29, 1.82) is 5.26 Å². The van der Waals surface area contributed by atoms with E-state index in [1.165, 1.54) is 11.3 Å². The smallest absolute Gasteiger partial charge is 0.338 e. The third-order valence-electron chi connectivity index (χ3n) is 6.05. The lowest BCUT2D eigenvalue weighted by molar-refractivity contribution is -0.139. The highest BCUT2D eigenvalue weighted by atomic mass is 35.5. The van der Waals surface area contributed by atoms with Gasteiger partial charge in [0.25, 0.3) is 5.56 Å². The number of ether oxygens (including phenoxy) is 1. The molecule has 1 aliphatic rings. The minimum atomic E-state index is -0.695. The molecule has 0 radical (unpaired) electrons. The predicted molar refractivity (Wildman–Crippen MR) is 139 cm³/mol. The molecule has 36 heavy (non-hydrogen) atoms.